The van der Waals surface area contributed by atoms with E-state index < -0.39 is 11.8 Å². The number of carboxylic acid groups (broad SMARTS) is 1. The van der Waals surface area contributed by atoms with Crippen LogP contribution >= 0.6 is 0 Å². The molecular weight excluding hydrogens is 497 g/mol. The summed E-state index contributed by atoms with van der Waals surface area (Å²) in [5.74, 6) is -0.730. The predicted molar refractivity (Wildman–Crippen MR) is 149 cm³/mol. The number of para-hydroxylation sites is 2. The molecular formula is C30H26FN5O3. The number of benzene rings is 3. The van der Waals surface area contributed by atoms with Gasteiger partial charge in [-0.15, -0.1) is 0 Å². The number of anilines is 1. The van der Waals surface area contributed by atoms with E-state index in [0.717, 1.165) is 38.0 Å². The summed E-state index contributed by atoms with van der Waals surface area (Å²) in [6.07, 6.45) is 2.12. The summed E-state index contributed by atoms with van der Waals surface area (Å²) in [7, 11) is 0. The zero-order valence-corrected chi connectivity index (χ0v) is 21.0. The van der Waals surface area contributed by atoms with Crippen molar-refractivity contribution in [3.63, 3.8) is 0 Å². The fourth-order valence-corrected chi connectivity index (χ4v) is 6.12. The van der Waals surface area contributed by atoms with Gasteiger partial charge in [0.05, 0.1) is 33.2 Å². The number of imidazole rings is 1. The maximum absolute atomic E-state index is 16.5. The molecule has 2 aromatic heterocycles. The molecule has 0 unspecified atom stereocenters. The second kappa shape index (κ2) is 9.06. The number of aromatic carboxylic acids is 1. The number of hydrogen-bond donors (Lipinski definition) is 4. The highest BCUT2D eigenvalue weighted by Gasteiger charge is 2.35. The molecule has 5 heterocycles. The molecule has 39 heavy (non-hydrogen) atoms. The third-order valence-electron chi connectivity index (χ3n) is 8.17. The summed E-state index contributed by atoms with van der Waals surface area (Å²) < 4.78 is 16.5. The average Bonchev–Trinajstić information content (AvgIpc) is 3.37. The number of aromatic nitrogens is 3. The SMILES string of the molecule is O=C(O)c1ccc(-c2ccc3[nH]c(=O)c(-c4nc5ccccc5[nH]4)c(N[C@H]4CN5CCC4CC5)c3c2F)cc1. The highest BCUT2D eigenvalue weighted by molar-refractivity contribution is 6.02. The Hall–Kier alpha value is -4.50. The third kappa shape index (κ3) is 3.97. The smallest absolute Gasteiger partial charge is 0.335 e. The largest absolute Gasteiger partial charge is 0.478 e. The molecule has 3 aromatic carbocycles. The van der Waals surface area contributed by atoms with Crippen LogP contribution in [0.1, 0.15) is 23.2 Å². The van der Waals surface area contributed by atoms with Gasteiger partial charge in [0.2, 0.25) is 0 Å². The number of aromatic amines is 2. The highest BCUT2D eigenvalue weighted by Crippen LogP contribution is 2.39. The van der Waals surface area contributed by atoms with Gasteiger partial charge in [0, 0.05) is 18.2 Å². The average molecular weight is 524 g/mol. The Kier molecular flexibility index (Phi) is 5.48. The summed E-state index contributed by atoms with van der Waals surface area (Å²) in [5, 5.41) is 13.2. The molecule has 8 rings (SSSR count). The van der Waals surface area contributed by atoms with E-state index in [9.17, 15) is 14.7 Å². The van der Waals surface area contributed by atoms with E-state index in [0.29, 0.717) is 39.6 Å². The number of nitrogens with zero attached hydrogens (tertiary/aromatic N) is 2. The standard InChI is InChI=1S/C30H26FN5O3/c31-26-19(16-5-7-18(8-6-16)30(38)39)9-10-22-24(26)27(32-23-15-36-13-11-17(23)12-14-36)25(29(37)35-22)28-33-20-3-1-2-4-21(20)34-28/h1-10,17,23H,11-15H2,(H,33,34)(H,38,39)(H2,32,35,37)/t23-/m0/s1. The first kappa shape index (κ1) is 23.6. The summed E-state index contributed by atoms with van der Waals surface area (Å²) >= 11 is 0. The van der Waals surface area contributed by atoms with Gasteiger partial charge in [-0.1, -0.05) is 24.3 Å². The number of rotatable bonds is 5. The Morgan fingerprint density at radius 1 is 1.00 bits per heavy atom. The molecule has 3 saturated heterocycles. The first-order chi connectivity index (χ1) is 19.0. The number of halogens is 1. The molecule has 0 saturated carbocycles. The first-order valence-electron chi connectivity index (χ1n) is 13.1. The number of piperidine rings is 3. The molecule has 8 nitrogen and oxygen atoms in total. The van der Waals surface area contributed by atoms with Crippen molar-refractivity contribution in [1.29, 1.82) is 0 Å². The van der Waals surface area contributed by atoms with Crippen LogP contribution in [-0.4, -0.2) is 56.6 Å². The van der Waals surface area contributed by atoms with Crippen molar-refractivity contribution >= 4 is 33.6 Å². The lowest BCUT2D eigenvalue weighted by Gasteiger charge is -2.45. The Balaban J connectivity index is 1.45. The fourth-order valence-electron chi connectivity index (χ4n) is 6.12. The van der Waals surface area contributed by atoms with Crippen LogP contribution in [0.5, 0.6) is 0 Å². The fraction of sp³-hybridized carbons (Fsp3) is 0.233. The van der Waals surface area contributed by atoms with Crippen LogP contribution in [0.15, 0.2) is 65.5 Å². The molecule has 0 radical (unpaired) electrons. The van der Waals surface area contributed by atoms with Crippen molar-refractivity contribution in [3.8, 4) is 22.5 Å². The van der Waals surface area contributed by atoms with Gasteiger partial charge in [-0.2, -0.15) is 0 Å². The monoisotopic (exact) mass is 523 g/mol. The van der Waals surface area contributed by atoms with Crippen LogP contribution in [0, 0.1) is 11.7 Å². The van der Waals surface area contributed by atoms with Gasteiger partial charge < -0.3 is 25.3 Å². The van der Waals surface area contributed by atoms with E-state index in [4.69, 9.17) is 0 Å². The maximum Gasteiger partial charge on any atom is 0.335 e. The Labute approximate surface area is 222 Å². The third-order valence-corrected chi connectivity index (χ3v) is 8.17. The minimum Gasteiger partial charge on any atom is -0.478 e. The van der Waals surface area contributed by atoms with Gasteiger partial charge in [0.15, 0.2) is 0 Å². The second-order valence-corrected chi connectivity index (χ2v) is 10.4. The molecule has 0 spiro atoms. The van der Waals surface area contributed by atoms with Crippen molar-refractivity contribution < 1.29 is 14.3 Å². The zero-order valence-electron chi connectivity index (χ0n) is 21.0. The molecule has 3 aliphatic rings. The predicted octanol–water partition coefficient (Wildman–Crippen LogP) is 5.08. The van der Waals surface area contributed by atoms with Gasteiger partial charge in [-0.05, 0) is 73.8 Å². The van der Waals surface area contributed by atoms with Crippen LogP contribution in [0.3, 0.4) is 0 Å². The number of carboxylic acids is 1. The van der Waals surface area contributed by atoms with Crippen molar-refractivity contribution in [2.75, 3.05) is 25.0 Å². The Bertz CT molecular complexity index is 1770. The van der Waals surface area contributed by atoms with E-state index >= 15 is 4.39 Å². The van der Waals surface area contributed by atoms with Crippen LogP contribution in [0.4, 0.5) is 10.1 Å². The first-order valence-corrected chi connectivity index (χ1v) is 13.1. The number of H-pyrrole nitrogens is 2. The molecule has 196 valence electrons. The van der Waals surface area contributed by atoms with Gasteiger partial charge in [-0.3, -0.25) is 4.79 Å². The number of fused-ring (bicyclic) bond motifs is 5. The topological polar surface area (TPSA) is 114 Å². The van der Waals surface area contributed by atoms with Crippen molar-refractivity contribution in [1.82, 2.24) is 19.9 Å². The highest BCUT2D eigenvalue weighted by atomic mass is 19.1. The van der Waals surface area contributed by atoms with Gasteiger partial charge in [0.25, 0.3) is 5.56 Å². The van der Waals surface area contributed by atoms with Crippen molar-refractivity contribution in [2.24, 2.45) is 5.92 Å². The summed E-state index contributed by atoms with van der Waals surface area (Å²) in [5.41, 5.74) is 3.21. The zero-order chi connectivity index (χ0) is 26.7. The van der Waals surface area contributed by atoms with Crippen LogP contribution in [-0.2, 0) is 0 Å². The molecule has 5 aromatic rings. The van der Waals surface area contributed by atoms with Crippen molar-refractivity contribution in [2.45, 2.75) is 18.9 Å². The minimum atomic E-state index is -1.04. The number of pyridine rings is 1. The molecule has 3 aliphatic heterocycles. The van der Waals surface area contributed by atoms with Gasteiger partial charge >= 0.3 is 5.97 Å². The molecule has 0 aliphatic carbocycles. The lowest BCUT2D eigenvalue weighted by Crippen LogP contribution is -2.53. The molecule has 3 fully saturated rings. The lowest BCUT2D eigenvalue weighted by atomic mass is 9.83. The quantitative estimate of drug-likeness (QED) is 0.255. The normalized spacial score (nSPS) is 20.5. The lowest BCUT2D eigenvalue weighted by molar-refractivity contribution is 0.0697. The molecule has 4 N–H and O–H groups in total. The second-order valence-electron chi connectivity index (χ2n) is 10.4. The summed E-state index contributed by atoms with van der Waals surface area (Å²) in [4.78, 5) is 38.1. The molecule has 2 bridgehead atoms. The summed E-state index contributed by atoms with van der Waals surface area (Å²) in [6.45, 7) is 2.94. The van der Waals surface area contributed by atoms with Crippen molar-refractivity contribution in [3.05, 3.63) is 82.4 Å². The summed E-state index contributed by atoms with van der Waals surface area (Å²) in [6, 6.07) is 17.0. The number of hydrogen-bond acceptors (Lipinski definition) is 5. The van der Waals surface area contributed by atoms with Crippen LogP contribution in [0.2, 0.25) is 0 Å². The number of nitrogens with one attached hydrogen (secondary N) is 3. The van der Waals surface area contributed by atoms with E-state index in [1.165, 1.54) is 12.1 Å². The van der Waals surface area contributed by atoms with E-state index in [1.54, 1.807) is 24.3 Å². The number of carbonyl (C=O) groups is 1. The molecule has 9 heteroatoms. The van der Waals surface area contributed by atoms with E-state index in [1.807, 2.05) is 24.3 Å². The van der Waals surface area contributed by atoms with Crippen LogP contribution in [0.25, 0.3) is 44.5 Å². The molecule has 0 amide bonds. The van der Waals surface area contributed by atoms with E-state index in [2.05, 4.69) is 25.2 Å². The Morgan fingerprint density at radius 3 is 2.46 bits per heavy atom. The van der Waals surface area contributed by atoms with Gasteiger partial charge in [-0.25, -0.2) is 14.2 Å². The van der Waals surface area contributed by atoms with E-state index in [-0.39, 0.29) is 28.1 Å². The molecule has 1 atom stereocenters. The van der Waals surface area contributed by atoms with Crippen LogP contribution < -0.4 is 10.9 Å². The maximum atomic E-state index is 16.5. The van der Waals surface area contributed by atoms with Gasteiger partial charge in [0.1, 0.15) is 17.2 Å². The minimum absolute atomic E-state index is 0.0681. The Morgan fingerprint density at radius 2 is 1.77 bits per heavy atom.